The van der Waals surface area contributed by atoms with Crippen molar-refractivity contribution in [2.24, 2.45) is 5.92 Å². The molecule has 0 fully saturated rings. The van der Waals surface area contributed by atoms with Crippen molar-refractivity contribution in [3.05, 3.63) is 23.8 Å². The summed E-state index contributed by atoms with van der Waals surface area (Å²) in [6, 6.07) is 3.80. The van der Waals surface area contributed by atoms with Gasteiger partial charge in [0.15, 0.2) is 0 Å². The van der Waals surface area contributed by atoms with Gasteiger partial charge in [-0.3, -0.25) is 0 Å². The van der Waals surface area contributed by atoms with Crippen molar-refractivity contribution in [1.29, 1.82) is 0 Å². The van der Waals surface area contributed by atoms with E-state index in [9.17, 15) is 13.2 Å². The highest BCUT2D eigenvalue weighted by atomic mass is 32.2. The number of rotatable bonds is 6. The Kier molecular flexibility index (Phi) is 5.13. The standard InChI is InChI=1S/C13H20N2O4S/c1-4-15(8-9(2)3)20(18,19)12-6-5-10(14)7-11(12)13(16)17/h5-7,9H,4,8,14H2,1-3H3,(H,16,17). The van der Waals surface area contributed by atoms with Crippen molar-refractivity contribution in [3.63, 3.8) is 0 Å². The lowest BCUT2D eigenvalue weighted by atomic mass is 10.2. The van der Waals surface area contributed by atoms with Gasteiger partial charge in [0, 0.05) is 18.8 Å². The molecule has 0 unspecified atom stereocenters. The first-order valence-electron chi connectivity index (χ1n) is 6.33. The number of carboxylic acids is 1. The van der Waals surface area contributed by atoms with Gasteiger partial charge in [0.05, 0.1) is 10.5 Å². The predicted molar refractivity (Wildman–Crippen MR) is 77.1 cm³/mol. The molecule has 0 bridgehead atoms. The van der Waals surface area contributed by atoms with Gasteiger partial charge >= 0.3 is 5.97 Å². The third-order valence-corrected chi connectivity index (χ3v) is 4.77. The Labute approximate surface area is 119 Å². The Morgan fingerprint density at radius 3 is 2.45 bits per heavy atom. The fourth-order valence-electron chi connectivity index (χ4n) is 1.88. The fraction of sp³-hybridized carbons (Fsp3) is 0.462. The van der Waals surface area contributed by atoms with E-state index in [0.717, 1.165) is 0 Å². The van der Waals surface area contributed by atoms with E-state index in [1.165, 1.54) is 22.5 Å². The average molecular weight is 300 g/mol. The second kappa shape index (κ2) is 6.23. The van der Waals surface area contributed by atoms with Gasteiger partial charge in [-0.25, -0.2) is 13.2 Å². The van der Waals surface area contributed by atoms with E-state index in [0.29, 0.717) is 6.54 Å². The number of sulfonamides is 1. The van der Waals surface area contributed by atoms with Gasteiger partial charge in [0.1, 0.15) is 0 Å². The topological polar surface area (TPSA) is 101 Å². The number of nitrogens with two attached hydrogens (primary N) is 1. The SMILES string of the molecule is CCN(CC(C)C)S(=O)(=O)c1ccc(N)cc1C(=O)O. The third kappa shape index (κ3) is 3.49. The number of carbonyl (C=O) groups is 1. The Morgan fingerprint density at radius 2 is 2.00 bits per heavy atom. The van der Waals surface area contributed by atoms with E-state index in [1.54, 1.807) is 6.92 Å². The van der Waals surface area contributed by atoms with Gasteiger partial charge in [0.2, 0.25) is 10.0 Å². The quantitative estimate of drug-likeness (QED) is 0.778. The highest BCUT2D eigenvalue weighted by Crippen LogP contribution is 2.23. The lowest BCUT2D eigenvalue weighted by Crippen LogP contribution is -2.34. The summed E-state index contributed by atoms with van der Waals surface area (Å²) in [4.78, 5) is 11.0. The van der Waals surface area contributed by atoms with Crippen LogP contribution in [-0.2, 0) is 10.0 Å². The molecule has 1 rings (SSSR count). The van der Waals surface area contributed by atoms with Crippen molar-refractivity contribution in [1.82, 2.24) is 4.31 Å². The first-order valence-corrected chi connectivity index (χ1v) is 7.77. The smallest absolute Gasteiger partial charge is 0.337 e. The first kappa shape index (κ1) is 16.5. The molecule has 0 heterocycles. The van der Waals surface area contributed by atoms with Crippen molar-refractivity contribution in [3.8, 4) is 0 Å². The minimum absolute atomic E-state index is 0.145. The maximum Gasteiger partial charge on any atom is 0.337 e. The van der Waals surface area contributed by atoms with Crippen LogP contribution in [0.2, 0.25) is 0 Å². The third-order valence-electron chi connectivity index (χ3n) is 2.77. The Hall–Kier alpha value is -1.60. The molecule has 7 heteroatoms. The molecule has 0 saturated carbocycles. The van der Waals surface area contributed by atoms with Crippen LogP contribution in [0.25, 0.3) is 0 Å². The summed E-state index contributed by atoms with van der Waals surface area (Å²) in [7, 11) is -3.84. The molecular formula is C13H20N2O4S. The molecule has 0 saturated heterocycles. The monoisotopic (exact) mass is 300 g/mol. The maximum atomic E-state index is 12.6. The van der Waals surface area contributed by atoms with Gasteiger partial charge in [-0.2, -0.15) is 4.31 Å². The Morgan fingerprint density at radius 1 is 1.40 bits per heavy atom. The highest BCUT2D eigenvalue weighted by molar-refractivity contribution is 7.89. The number of benzene rings is 1. The molecule has 0 atom stereocenters. The van der Waals surface area contributed by atoms with Gasteiger partial charge in [-0.1, -0.05) is 20.8 Å². The summed E-state index contributed by atoms with van der Waals surface area (Å²) in [6.45, 7) is 6.14. The number of anilines is 1. The number of aromatic carboxylic acids is 1. The Bertz CT molecular complexity index is 596. The van der Waals surface area contributed by atoms with Crippen molar-refractivity contribution in [2.45, 2.75) is 25.7 Å². The minimum atomic E-state index is -3.84. The zero-order valence-electron chi connectivity index (χ0n) is 11.8. The van der Waals surface area contributed by atoms with Crippen LogP contribution < -0.4 is 5.73 Å². The van der Waals surface area contributed by atoms with Crippen LogP contribution in [0.5, 0.6) is 0 Å². The molecule has 0 spiro atoms. The Balaban J connectivity index is 3.37. The van der Waals surface area contributed by atoms with Crippen LogP contribution in [0, 0.1) is 5.92 Å². The summed E-state index contributed by atoms with van der Waals surface area (Å²) in [5.41, 5.74) is 5.44. The summed E-state index contributed by atoms with van der Waals surface area (Å²) in [5.74, 6) is -1.16. The van der Waals surface area contributed by atoms with E-state index in [2.05, 4.69) is 0 Å². The molecule has 20 heavy (non-hydrogen) atoms. The van der Waals surface area contributed by atoms with E-state index >= 15 is 0 Å². The molecule has 0 amide bonds. The number of nitrogen functional groups attached to an aromatic ring is 1. The predicted octanol–water partition coefficient (Wildman–Crippen LogP) is 1.63. The van der Waals surface area contributed by atoms with E-state index in [-0.39, 0.29) is 28.6 Å². The molecule has 0 aliphatic rings. The zero-order chi connectivity index (χ0) is 15.5. The van der Waals surface area contributed by atoms with Crippen LogP contribution in [0.15, 0.2) is 23.1 Å². The van der Waals surface area contributed by atoms with E-state index in [4.69, 9.17) is 10.8 Å². The molecule has 112 valence electrons. The van der Waals surface area contributed by atoms with Crippen LogP contribution >= 0.6 is 0 Å². The fourth-order valence-corrected chi connectivity index (χ4v) is 3.66. The van der Waals surface area contributed by atoms with Gasteiger partial charge in [-0.05, 0) is 24.1 Å². The van der Waals surface area contributed by atoms with E-state index < -0.39 is 16.0 Å². The molecule has 6 nitrogen and oxygen atoms in total. The van der Waals surface area contributed by atoms with Crippen molar-refractivity contribution in [2.75, 3.05) is 18.8 Å². The molecule has 0 aliphatic heterocycles. The molecule has 1 aromatic carbocycles. The number of carboxylic acid groups (broad SMARTS) is 1. The number of hydrogen-bond donors (Lipinski definition) is 2. The van der Waals surface area contributed by atoms with Crippen molar-refractivity contribution < 1.29 is 18.3 Å². The lowest BCUT2D eigenvalue weighted by Gasteiger charge is -2.23. The second-order valence-electron chi connectivity index (χ2n) is 4.91. The van der Waals surface area contributed by atoms with Gasteiger partial charge in [-0.15, -0.1) is 0 Å². The van der Waals surface area contributed by atoms with Crippen molar-refractivity contribution >= 4 is 21.7 Å². The molecule has 0 aromatic heterocycles. The van der Waals surface area contributed by atoms with Crippen LogP contribution in [0.4, 0.5) is 5.69 Å². The largest absolute Gasteiger partial charge is 0.478 e. The average Bonchev–Trinajstić information content (AvgIpc) is 2.34. The lowest BCUT2D eigenvalue weighted by molar-refractivity contribution is 0.0692. The number of hydrogen-bond acceptors (Lipinski definition) is 4. The summed E-state index contributed by atoms with van der Waals surface area (Å²) >= 11 is 0. The molecule has 0 radical (unpaired) electrons. The summed E-state index contributed by atoms with van der Waals surface area (Å²) in [5, 5.41) is 9.15. The normalized spacial score (nSPS) is 12.1. The summed E-state index contributed by atoms with van der Waals surface area (Å²) in [6.07, 6.45) is 0. The molecular weight excluding hydrogens is 280 g/mol. The summed E-state index contributed by atoms with van der Waals surface area (Å²) < 4.78 is 26.4. The molecule has 0 aliphatic carbocycles. The van der Waals surface area contributed by atoms with E-state index in [1.807, 2.05) is 13.8 Å². The number of nitrogens with zero attached hydrogens (tertiary/aromatic N) is 1. The van der Waals surface area contributed by atoms with Gasteiger partial charge in [0.25, 0.3) is 0 Å². The van der Waals surface area contributed by atoms with Crippen LogP contribution in [0.3, 0.4) is 0 Å². The van der Waals surface area contributed by atoms with Crippen LogP contribution in [0.1, 0.15) is 31.1 Å². The molecule has 3 N–H and O–H groups in total. The molecule has 1 aromatic rings. The minimum Gasteiger partial charge on any atom is -0.478 e. The van der Waals surface area contributed by atoms with Gasteiger partial charge < -0.3 is 10.8 Å². The zero-order valence-corrected chi connectivity index (χ0v) is 12.6. The first-order chi connectivity index (χ1) is 9.20. The highest BCUT2D eigenvalue weighted by Gasteiger charge is 2.28. The second-order valence-corrected chi connectivity index (χ2v) is 6.82. The van der Waals surface area contributed by atoms with Crippen LogP contribution in [-0.4, -0.2) is 36.9 Å². The maximum absolute atomic E-state index is 12.6.